The number of pyridine rings is 1. The Hall–Kier alpha value is -3.43. The molecule has 0 bridgehead atoms. The molecule has 3 aromatic rings. The molecule has 0 radical (unpaired) electrons. The lowest BCUT2D eigenvalue weighted by molar-refractivity contribution is 0.103. The highest BCUT2D eigenvalue weighted by Crippen LogP contribution is 2.27. The van der Waals surface area contributed by atoms with Gasteiger partial charge in [0.1, 0.15) is 17.4 Å². The van der Waals surface area contributed by atoms with Crippen molar-refractivity contribution in [2.24, 2.45) is 0 Å². The highest BCUT2D eigenvalue weighted by molar-refractivity contribution is 6.31. The second kappa shape index (κ2) is 7.67. The normalized spacial score (nSPS) is 10.5. The minimum absolute atomic E-state index is 0.00587. The summed E-state index contributed by atoms with van der Waals surface area (Å²) in [6, 6.07) is 13.7. The molecular weight excluding hydrogens is 383 g/mol. The summed E-state index contributed by atoms with van der Waals surface area (Å²) < 4.78 is 15.0. The van der Waals surface area contributed by atoms with Gasteiger partial charge in [-0.2, -0.15) is 5.26 Å². The first-order valence-electron chi connectivity index (χ1n) is 8.26. The summed E-state index contributed by atoms with van der Waals surface area (Å²) >= 11 is 6.12. The van der Waals surface area contributed by atoms with Crippen molar-refractivity contribution in [1.82, 2.24) is 4.57 Å². The Morgan fingerprint density at radius 1 is 1.21 bits per heavy atom. The maximum absolute atomic E-state index is 14.1. The number of carbonyl (C=O) groups is 1. The number of hydrogen-bond donors (Lipinski definition) is 1. The summed E-state index contributed by atoms with van der Waals surface area (Å²) in [6.45, 7) is 1.21. The van der Waals surface area contributed by atoms with Gasteiger partial charge < -0.3 is 5.11 Å². The van der Waals surface area contributed by atoms with Crippen LogP contribution in [0.15, 0.2) is 53.3 Å². The molecule has 0 atom stereocenters. The van der Waals surface area contributed by atoms with Crippen LogP contribution in [-0.2, 0) is 6.54 Å². The molecule has 0 amide bonds. The number of nitriles is 1. The van der Waals surface area contributed by atoms with Gasteiger partial charge in [-0.05, 0) is 36.2 Å². The van der Waals surface area contributed by atoms with Crippen molar-refractivity contribution in [2.75, 3.05) is 0 Å². The van der Waals surface area contributed by atoms with Gasteiger partial charge in [0.25, 0.3) is 5.56 Å². The first-order chi connectivity index (χ1) is 13.4. The van der Waals surface area contributed by atoms with E-state index >= 15 is 0 Å². The van der Waals surface area contributed by atoms with Gasteiger partial charge in [0.2, 0.25) is 11.7 Å². The van der Waals surface area contributed by atoms with Gasteiger partial charge in [0.15, 0.2) is 0 Å². The number of hydrogen-bond acceptors (Lipinski definition) is 4. The average Bonchev–Trinajstić information content (AvgIpc) is 2.67. The minimum Gasteiger partial charge on any atom is -0.494 e. The molecule has 2 aromatic carbocycles. The fraction of sp³-hybridized carbons (Fsp3) is 0.0952. The van der Waals surface area contributed by atoms with Crippen LogP contribution in [0.2, 0.25) is 5.02 Å². The summed E-state index contributed by atoms with van der Waals surface area (Å²) in [6.07, 6.45) is 0. The predicted molar refractivity (Wildman–Crippen MR) is 102 cm³/mol. The molecule has 0 fully saturated rings. The molecule has 1 N–H and O–H groups in total. The van der Waals surface area contributed by atoms with Gasteiger partial charge in [-0.25, -0.2) is 4.39 Å². The largest absolute Gasteiger partial charge is 0.494 e. The summed E-state index contributed by atoms with van der Waals surface area (Å²) in [5.74, 6) is -2.24. The highest BCUT2D eigenvalue weighted by Gasteiger charge is 2.26. The lowest BCUT2D eigenvalue weighted by atomic mass is 9.97. The molecule has 0 spiro atoms. The Balaban J connectivity index is 2.26. The SMILES string of the molecule is Cc1c(C(=O)c2ccccc2F)c(O)n(Cc2ccccc2Cl)c(=O)c1C#N. The van der Waals surface area contributed by atoms with Crippen molar-refractivity contribution in [2.45, 2.75) is 13.5 Å². The first-order valence-corrected chi connectivity index (χ1v) is 8.63. The third-order valence-electron chi connectivity index (χ3n) is 4.43. The van der Waals surface area contributed by atoms with E-state index in [0.717, 1.165) is 10.6 Å². The van der Waals surface area contributed by atoms with Gasteiger partial charge in [0, 0.05) is 5.02 Å². The Morgan fingerprint density at radius 2 is 1.86 bits per heavy atom. The molecule has 140 valence electrons. The van der Waals surface area contributed by atoms with Crippen LogP contribution in [0.5, 0.6) is 5.88 Å². The van der Waals surface area contributed by atoms with E-state index in [1.807, 2.05) is 0 Å². The Labute approximate surface area is 164 Å². The fourth-order valence-corrected chi connectivity index (χ4v) is 3.14. The second-order valence-electron chi connectivity index (χ2n) is 6.10. The van der Waals surface area contributed by atoms with Crippen LogP contribution in [0.25, 0.3) is 0 Å². The van der Waals surface area contributed by atoms with Crippen LogP contribution >= 0.6 is 11.6 Å². The van der Waals surface area contributed by atoms with E-state index in [1.165, 1.54) is 25.1 Å². The lowest BCUT2D eigenvalue weighted by Crippen LogP contribution is -2.27. The number of rotatable bonds is 4. The van der Waals surface area contributed by atoms with E-state index in [9.17, 15) is 24.3 Å². The van der Waals surface area contributed by atoms with E-state index in [2.05, 4.69) is 0 Å². The van der Waals surface area contributed by atoms with Crippen LogP contribution in [0.4, 0.5) is 4.39 Å². The van der Waals surface area contributed by atoms with E-state index in [1.54, 1.807) is 30.3 Å². The van der Waals surface area contributed by atoms with Crippen LogP contribution in [0.1, 0.15) is 32.6 Å². The number of ketones is 1. The van der Waals surface area contributed by atoms with Gasteiger partial charge in [0.05, 0.1) is 17.7 Å². The van der Waals surface area contributed by atoms with Crippen molar-refractivity contribution >= 4 is 17.4 Å². The van der Waals surface area contributed by atoms with Crippen molar-refractivity contribution in [3.63, 3.8) is 0 Å². The summed E-state index contributed by atoms with van der Waals surface area (Å²) in [5, 5.41) is 20.5. The Bertz CT molecular complexity index is 1200. The molecular formula is C21H14ClFN2O3. The van der Waals surface area contributed by atoms with Crippen LogP contribution in [-0.4, -0.2) is 15.5 Å². The van der Waals surface area contributed by atoms with Crippen LogP contribution < -0.4 is 5.56 Å². The van der Waals surface area contributed by atoms with Gasteiger partial charge >= 0.3 is 0 Å². The zero-order valence-corrected chi connectivity index (χ0v) is 15.5. The lowest BCUT2D eigenvalue weighted by Gasteiger charge is -2.16. The zero-order valence-electron chi connectivity index (χ0n) is 14.7. The Morgan fingerprint density at radius 3 is 2.50 bits per heavy atom. The van der Waals surface area contributed by atoms with E-state index in [-0.39, 0.29) is 28.8 Å². The molecule has 3 rings (SSSR count). The van der Waals surface area contributed by atoms with Crippen molar-refractivity contribution in [1.29, 1.82) is 5.26 Å². The summed E-state index contributed by atoms with van der Waals surface area (Å²) in [5.41, 5.74) is -1.12. The fourth-order valence-electron chi connectivity index (χ4n) is 2.95. The number of benzene rings is 2. The molecule has 28 heavy (non-hydrogen) atoms. The van der Waals surface area contributed by atoms with E-state index < -0.39 is 23.0 Å². The topological polar surface area (TPSA) is 83.1 Å². The van der Waals surface area contributed by atoms with Gasteiger partial charge in [-0.1, -0.05) is 41.9 Å². The third kappa shape index (κ3) is 3.28. The molecule has 1 aromatic heterocycles. The highest BCUT2D eigenvalue weighted by atomic mass is 35.5. The van der Waals surface area contributed by atoms with Crippen LogP contribution in [0.3, 0.4) is 0 Å². The number of halogens is 2. The van der Waals surface area contributed by atoms with Crippen molar-refractivity contribution in [3.8, 4) is 11.9 Å². The maximum Gasteiger partial charge on any atom is 0.271 e. The molecule has 5 nitrogen and oxygen atoms in total. The molecule has 1 heterocycles. The maximum atomic E-state index is 14.1. The summed E-state index contributed by atoms with van der Waals surface area (Å²) in [4.78, 5) is 25.6. The van der Waals surface area contributed by atoms with Gasteiger partial charge in [-0.3, -0.25) is 14.2 Å². The average molecular weight is 397 g/mol. The standard InChI is InChI=1S/C21H14ClFN2O3/c1-12-15(10-24)20(27)25(11-13-6-2-4-8-16(13)22)21(28)18(12)19(26)14-7-3-5-9-17(14)23/h2-9,28H,11H2,1H3. The van der Waals surface area contributed by atoms with E-state index in [4.69, 9.17) is 11.6 Å². The minimum atomic E-state index is -0.822. The molecule has 0 saturated heterocycles. The second-order valence-corrected chi connectivity index (χ2v) is 6.51. The molecule has 0 saturated carbocycles. The third-order valence-corrected chi connectivity index (χ3v) is 4.80. The molecule has 7 heteroatoms. The first kappa shape index (κ1) is 19.3. The smallest absolute Gasteiger partial charge is 0.271 e. The molecule has 0 aliphatic heterocycles. The monoisotopic (exact) mass is 396 g/mol. The van der Waals surface area contributed by atoms with Gasteiger partial charge in [-0.15, -0.1) is 0 Å². The predicted octanol–water partition coefficient (Wildman–Crippen LogP) is 3.81. The number of carbonyl (C=O) groups excluding carboxylic acids is 1. The van der Waals surface area contributed by atoms with Crippen molar-refractivity contribution < 1.29 is 14.3 Å². The number of aromatic hydroxyl groups is 1. The molecule has 0 aliphatic rings. The zero-order chi connectivity index (χ0) is 20.4. The molecule has 0 unspecified atom stereocenters. The number of aromatic nitrogens is 1. The van der Waals surface area contributed by atoms with Crippen LogP contribution in [0, 0.1) is 24.1 Å². The Kier molecular flexibility index (Phi) is 5.30. The summed E-state index contributed by atoms with van der Waals surface area (Å²) in [7, 11) is 0. The number of nitrogens with zero attached hydrogens (tertiary/aromatic N) is 2. The van der Waals surface area contributed by atoms with Crippen molar-refractivity contribution in [3.05, 3.63) is 97.5 Å². The van der Waals surface area contributed by atoms with E-state index in [0.29, 0.717) is 10.6 Å². The molecule has 0 aliphatic carbocycles. The quantitative estimate of drug-likeness (QED) is 0.680.